The van der Waals surface area contributed by atoms with Gasteiger partial charge in [0.15, 0.2) is 0 Å². The lowest BCUT2D eigenvalue weighted by atomic mass is 10.1. The number of para-hydroxylation sites is 1. The minimum Gasteiger partial charge on any atom is -0.337 e. The Hall–Kier alpha value is -1.42. The molecular weight excluding hydrogens is 336 g/mol. The molecule has 4 heteroatoms. The third-order valence-electron chi connectivity index (χ3n) is 3.30. The summed E-state index contributed by atoms with van der Waals surface area (Å²) in [7, 11) is 0. The summed E-state index contributed by atoms with van der Waals surface area (Å²) in [5.74, 6) is -1.05. The lowest BCUT2D eigenvalue weighted by molar-refractivity contribution is 0.576. The van der Waals surface area contributed by atoms with Crippen molar-refractivity contribution in [2.24, 2.45) is 0 Å². The summed E-state index contributed by atoms with van der Waals surface area (Å²) in [6.45, 7) is 2.64. The Kier molecular flexibility index (Phi) is 5.74. The predicted octanol–water partition coefficient (Wildman–Crippen LogP) is 5.80. The van der Waals surface area contributed by atoms with Gasteiger partial charge >= 0.3 is 0 Å². The molecule has 1 nitrogen and oxygen atoms in total. The molecule has 0 saturated heterocycles. The second-order valence-electron chi connectivity index (χ2n) is 4.88. The predicted molar refractivity (Wildman–Crippen MR) is 87.3 cm³/mol. The maximum atomic E-state index is 14.4. The molecule has 0 amide bonds. The van der Waals surface area contributed by atoms with Gasteiger partial charge in [0.25, 0.3) is 0 Å². The number of benzene rings is 2. The first-order valence-electron chi connectivity index (χ1n) is 7.03. The number of nitrogens with zero attached hydrogens (tertiary/aromatic N) is 1. The van der Waals surface area contributed by atoms with E-state index in [1.54, 1.807) is 4.90 Å². The highest BCUT2D eigenvalue weighted by Gasteiger charge is 2.19. The monoisotopic (exact) mass is 353 g/mol. The van der Waals surface area contributed by atoms with Crippen molar-refractivity contribution in [2.75, 3.05) is 11.4 Å². The minimum absolute atomic E-state index is 0.0272. The second-order valence-corrected chi connectivity index (χ2v) is 5.44. The van der Waals surface area contributed by atoms with E-state index in [0.717, 1.165) is 18.5 Å². The van der Waals surface area contributed by atoms with Crippen LogP contribution in [0, 0.1) is 11.6 Å². The molecule has 2 rings (SSSR count). The largest absolute Gasteiger partial charge is 0.337 e. The molecule has 0 unspecified atom stereocenters. The molecule has 0 heterocycles. The fraction of sp³-hybridized carbons (Fsp3) is 0.294. The molecule has 0 N–H and O–H groups in total. The van der Waals surface area contributed by atoms with E-state index in [4.69, 9.17) is 0 Å². The zero-order valence-corrected chi connectivity index (χ0v) is 13.5. The zero-order valence-electron chi connectivity index (χ0n) is 12.0. The van der Waals surface area contributed by atoms with Crippen molar-refractivity contribution in [3.05, 3.63) is 59.7 Å². The molecule has 0 aliphatic heterocycles. The summed E-state index contributed by atoms with van der Waals surface area (Å²) in [5, 5.41) is 0.432. The van der Waals surface area contributed by atoms with Crippen LogP contribution in [-0.4, -0.2) is 6.54 Å². The van der Waals surface area contributed by atoms with E-state index in [-0.39, 0.29) is 5.69 Å². The smallest absolute Gasteiger partial charge is 0.150 e. The fourth-order valence-electron chi connectivity index (χ4n) is 2.25. The summed E-state index contributed by atoms with van der Waals surface area (Å²) in [6, 6.07) is 12.1. The Morgan fingerprint density at radius 2 is 1.67 bits per heavy atom. The van der Waals surface area contributed by atoms with Gasteiger partial charge in [-0.25, -0.2) is 8.78 Å². The van der Waals surface area contributed by atoms with Crippen LogP contribution in [0.1, 0.15) is 25.3 Å². The number of hydrogen-bond acceptors (Lipinski definition) is 1. The SMILES string of the molecule is CCCCN(c1ccccc1)c1c(F)cc(CBr)cc1F. The number of anilines is 2. The highest BCUT2D eigenvalue weighted by molar-refractivity contribution is 9.08. The van der Waals surface area contributed by atoms with Gasteiger partial charge in [0.1, 0.15) is 17.3 Å². The van der Waals surface area contributed by atoms with Crippen molar-refractivity contribution in [3.8, 4) is 0 Å². The first-order valence-corrected chi connectivity index (χ1v) is 8.16. The van der Waals surface area contributed by atoms with Gasteiger partial charge in [-0.05, 0) is 36.2 Å². The van der Waals surface area contributed by atoms with Crippen molar-refractivity contribution >= 4 is 27.3 Å². The van der Waals surface area contributed by atoms with Crippen LogP contribution in [-0.2, 0) is 5.33 Å². The fourth-order valence-corrected chi connectivity index (χ4v) is 2.57. The zero-order chi connectivity index (χ0) is 15.2. The van der Waals surface area contributed by atoms with Crippen molar-refractivity contribution in [3.63, 3.8) is 0 Å². The van der Waals surface area contributed by atoms with Crippen LogP contribution in [0.2, 0.25) is 0 Å². The van der Waals surface area contributed by atoms with Gasteiger partial charge in [-0.2, -0.15) is 0 Å². The van der Waals surface area contributed by atoms with E-state index < -0.39 is 11.6 Å². The van der Waals surface area contributed by atoms with Crippen molar-refractivity contribution < 1.29 is 8.78 Å². The topological polar surface area (TPSA) is 3.24 Å². The summed E-state index contributed by atoms with van der Waals surface area (Å²) >= 11 is 3.23. The Morgan fingerprint density at radius 1 is 1.05 bits per heavy atom. The van der Waals surface area contributed by atoms with Crippen LogP contribution < -0.4 is 4.90 Å². The van der Waals surface area contributed by atoms with Gasteiger partial charge in [0, 0.05) is 17.6 Å². The lowest BCUT2D eigenvalue weighted by Crippen LogP contribution is -2.21. The molecule has 0 aromatic heterocycles. The van der Waals surface area contributed by atoms with Gasteiger partial charge in [0.05, 0.1) is 0 Å². The first-order chi connectivity index (χ1) is 10.2. The average Bonchev–Trinajstić information content (AvgIpc) is 2.50. The second kappa shape index (κ2) is 7.55. The number of alkyl halides is 1. The van der Waals surface area contributed by atoms with Crippen LogP contribution in [0.3, 0.4) is 0 Å². The molecule has 0 saturated carbocycles. The number of rotatable bonds is 6. The molecule has 112 valence electrons. The molecular formula is C17H18BrF2N. The van der Waals surface area contributed by atoms with E-state index >= 15 is 0 Å². The van der Waals surface area contributed by atoms with E-state index in [2.05, 4.69) is 22.9 Å². The van der Waals surface area contributed by atoms with Crippen LogP contribution in [0.15, 0.2) is 42.5 Å². The highest BCUT2D eigenvalue weighted by Crippen LogP contribution is 2.32. The quantitative estimate of drug-likeness (QED) is 0.593. The van der Waals surface area contributed by atoms with Crippen molar-refractivity contribution in [1.29, 1.82) is 0 Å². The number of hydrogen-bond donors (Lipinski definition) is 0. The Labute approximate surface area is 132 Å². The molecule has 0 atom stereocenters. The molecule has 0 fully saturated rings. The molecule has 21 heavy (non-hydrogen) atoms. The Morgan fingerprint density at radius 3 is 2.19 bits per heavy atom. The summed E-state index contributed by atoms with van der Waals surface area (Å²) in [5.41, 5.74) is 1.42. The Bertz CT molecular complexity index is 564. The van der Waals surface area contributed by atoms with E-state index in [0.29, 0.717) is 17.4 Å². The minimum atomic E-state index is -0.524. The lowest BCUT2D eigenvalue weighted by Gasteiger charge is -2.26. The van der Waals surface area contributed by atoms with Gasteiger partial charge in [-0.1, -0.05) is 47.5 Å². The van der Waals surface area contributed by atoms with Crippen LogP contribution >= 0.6 is 15.9 Å². The maximum Gasteiger partial charge on any atom is 0.150 e. The van der Waals surface area contributed by atoms with E-state index in [1.807, 2.05) is 30.3 Å². The molecule has 0 aliphatic carbocycles. The molecule has 0 aliphatic rings. The van der Waals surface area contributed by atoms with E-state index in [9.17, 15) is 8.78 Å². The standard InChI is InChI=1S/C17H18BrF2N/c1-2-3-9-21(14-7-5-4-6-8-14)17-15(19)10-13(12-18)11-16(17)20/h4-8,10-11H,2-3,9,12H2,1H3. The van der Waals surface area contributed by atoms with E-state index in [1.165, 1.54) is 12.1 Å². The molecule has 2 aromatic rings. The molecule has 0 spiro atoms. The normalized spacial score (nSPS) is 10.7. The van der Waals surface area contributed by atoms with Gasteiger partial charge in [0.2, 0.25) is 0 Å². The number of halogens is 3. The van der Waals surface area contributed by atoms with Gasteiger partial charge in [-0.15, -0.1) is 0 Å². The Balaban J connectivity index is 2.46. The summed E-state index contributed by atoms with van der Waals surface area (Å²) in [6.07, 6.45) is 1.83. The average molecular weight is 354 g/mol. The van der Waals surface area contributed by atoms with Gasteiger partial charge < -0.3 is 4.90 Å². The summed E-state index contributed by atoms with van der Waals surface area (Å²) in [4.78, 5) is 1.71. The highest BCUT2D eigenvalue weighted by atomic mass is 79.9. The molecule has 0 radical (unpaired) electrons. The molecule has 0 bridgehead atoms. The maximum absolute atomic E-state index is 14.4. The van der Waals surface area contributed by atoms with Crippen molar-refractivity contribution in [2.45, 2.75) is 25.1 Å². The van der Waals surface area contributed by atoms with Crippen LogP contribution in [0.5, 0.6) is 0 Å². The molecule has 2 aromatic carbocycles. The van der Waals surface area contributed by atoms with Gasteiger partial charge in [-0.3, -0.25) is 0 Å². The van der Waals surface area contributed by atoms with Crippen molar-refractivity contribution in [1.82, 2.24) is 0 Å². The first kappa shape index (κ1) is 16.0. The number of unbranched alkanes of at least 4 members (excludes halogenated alkanes) is 1. The van der Waals surface area contributed by atoms with Crippen LogP contribution in [0.4, 0.5) is 20.2 Å². The van der Waals surface area contributed by atoms with Crippen LogP contribution in [0.25, 0.3) is 0 Å². The third kappa shape index (κ3) is 3.82. The summed E-state index contributed by atoms with van der Waals surface area (Å²) < 4.78 is 28.7. The third-order valence-corrected chi connectivity index (χ3v) is 3.95.